The molecular formula is C23H26N8. The molecule has 0 atom stereocenters. The van der Waals surface area contributed by atoms with Crippen molar-refractivity contribution in [2.24, 2.45) is 0 Å². The Kier molecular flexibility index (Phi) is 5.88. The summed E-state index contributed by atoms with van der Waals surface area (Å²) in [4.78, 5) is 19.1. The minimum absolute atomic E-state index is 0.722. The molecule has 158 valence electrons. The Morgan fingerprint density at radius 3 is 2.26 bits per heavy atom. The summed E-state index contributed by atoms with van der Waals surface area (Å²) in [7, 11) is 3.98. The second-order valence-corrected chi connectivity index (χ2v) is 7.55. The Labute approximate surface area is 182 Å². The second-order valence-electron chi connectivity index (χ2n) is 7.55. The zero-order valence-electron chi connectivity index (χ0n) is 18.2. The smallest absolute Gasteiger partial charge is 0.127 e. The summed E-state index contributed by atoms with van der Waals surface area (Å²) in [6.07, 6.45) is 8.82. The Bertz CT molecular complexity index is 1130. The first-order valence-electron chi connectivity index (χ1n) is 10.2. The van der Waals surface area contributed by atoms with Crippen molar-refractivity contribution in [3.8, 4) is 22.3 Å². The molecule has 8 heteroatoms. The number of hydrogen-bond acceptors (Lipinski definition) is 7. The Morgan fingerprint density at radius 2 is 1.61 bits per heavy atom. The van der Waals surface area contributed by atoms with Crippen molar-refractivity contribution in [1.82, 2.24) is 29.7 Å². The van der Waals surface area contributed by atoms with Crippen molar-refractivity contribution in [1.29, 1.82) is 0 Å². The third-order valence-corrected chi connectivity index (χ3v) is 5.16. The highest BCUT2D eigenvalue weighted by Gasteiger charge is 2.14. The number of nitrogens with zero attached hydrogens (tertiary/aromatic N) is 7. The van der Waals surface area contributed by atoms with Gasteiger partial charge in [-0.05, 0) is 38.1 Å². The lowest BCUT2D eigenvalue weighted by molar-refractivity contribution is 0.614. The van der Waals surface area contributed by atoms with Crippen LogP contribution in [0.15, 0.2) is 55.4 Å². The molecule has 31 heavy (non-hydrogen) atoms. The molecule has 0 unspecified atom stereocenters. The molecule has 0 bridgehead atoms. The molecule has 0 spiro atoms. The van der Waals surface area contributed by atoms with E-state index in [4.69, 9.17) is 5.10 Å². The number of pyridine rings is 2. The van der Waals surface area contributed by atoms with Crippen molar-refractivity contribution < 1.29 is 0 Å². The molecule has 0 fully saturated rings. The quantitative estimate of drug-likeness (QED) is 0.495. The van der Waals surface area contributed by atoms with Crippen LogP contribution in [0.25, 0.3) is 22.3 Å². The fourth-order valence-corrected chi connectivity index (χ4v) is 3.54. The lowest BCUT2D eigenvalue weighted by Gasteiger charge is -2.11. The lowest BCUT2D eigenvalue weighted by atomic mass is 10.1. The Balaban J connectivity index is 1.41. The summed E-state index contributed by atoms with van der Waals surface area (Å²) in [5.41, 5.74) is 6.30. The fourth-order valence-electron chi connectivity index (χ4n) is 3.54. The highest BCUT2D eigenvalue weighted by atomic mass is 15.3. The molecule has 0 amide bonds. The van der Waals surface area contributed by atoms with Gasteiger partial charge in [-0.3, -0.25) is 4.68 Å². The van der Waals surface area contributed by atoms with E-state index in [1.54, 1.807) is 12.4 Å². The number of rotatable bonds is 7. The molecule has 4 aromatic heterocycles. The third kappa shape index (κ3) is 4.53. The first-order valence-corrected chi connectivity index (χ1v) is 10.2. The molecule has 0 aromatic carbocycles. The van der Waals surface area contributed by atoms with Crippen LogP contribution in [-0.4, -0.2) is 50.4 Å². The fraction of sp³-hybridized carbons (Fsp3) is 0.261. The third-order valence-electron chi connectivity index (χ3n) is 5.16. The average Bonchev–Trinajstić information content (AvgIpc) is 3.08. The summed E-state index contributed by atoms with van der Waals surface area (Å²) in [5, 5.41) is 8.10. The molecule has 0 saturated carbocycles. The molecular weight excluding hydrogens is 388 g/mol. The van der Waals surface area contributed by atoms with Gasteiger partial charge in [-0.2, -0.15) is 5.10 Å². The van der Waals surface area contributed by atoms with E-state index in [1.807, 2.05) is 61.2 Å². The van der Waals surface area contributed by atoms with Crippen LogP contribution < -0.4 is 10.2 Å². The van der Waals surface area contributed by atoms with Crippen molar-refractivity contribution in [3.63, 3.8) is 0 Å². The van der Waals surface area contributed by atoms with Crippen LogP contribution in [0.4, 0.5) is 11.6 Å². The van der Waals surface area contributed by atoms with Crippen LogP contribution in [0, 0.1) is 13.8 Å². The second kappa shape index (κ2) is 8.91. The average molecular weight is 415 g/mol. The van der Waals surface area contributed by atoms with Crippen LogP contribution in [0.5, 0.6) is 0 Å². The van der Waals surface area contributed by atoms with Gasteiger partial charge < -0.3 is 10.2 Å². The van der Waals surface area contributed by atoms with Crippen LogP contribution in [-0.2, 0) is 6.54 Å². The monoisotopic (exact) mass is 414 g/mol. The van der Waals surface area contributed by atoms with Gasteiger partial charge in [0.15, 0.2) is 0 Å². The van der Waals surface area contributed by atoms with Gasteiger partial charge in [-0.1, -0.05) is 0 Å². The van der Waals surface area contributed by atoms with Gasteiger partial charge in [-0.25, -0.2) is 19.9 Å². The van der Waals surface area contributed by atoms with E-state index < -0.39 is 0 Å². The first kappa shape index (κ1) is 20.5. The number of anilines is 2. The number of aryl methyl sites for hydroxylation is 1. The molecule has 8 nitrogen and oxygen atoms in total. The Hall–Kier alpha value is -3.81. The molecule has 4 heterocycles. The molecule has 4 aromatic rings. The van der Waals surface area contributed by atoms with Crippen LogP contribution in [0.3, 0.4) is 0 Å². The number of aromatic nitrogens is 6. The summed E-state index contributed by atoms with van der Waals surface area (Å²) in [5.74, 6) is 1.76. The van der Waals surface area contributed by atoms with Gasteiger partial charge in [0.25, 0.3) is 0 Å². The maximum atomic E-state index is 4.73. The van der Waals surface area contributed by atoms with Crippen LogP contribution in [0.1, 0.15) is 11.4 Å². The maximum absolute atomic E-state index is 4.73. The van der Waals surface area contributed by atoms with Gasteiger partial charge in [0.1, 0.15) is 18.0 Å². The van der Waals surface area contributed by atoms with E-state index >= 15 is 0 Å². The molecule has 0 radical (unpaired) electrons. The predicted octanol–water partition coefficient (Wildman–Crippen LogP) is 3.59. The molecule has 1 N–H and O–H groups in total. The van der Waals surface area contributed by atoms with E-state index in [1.165, 1.54) is 6.33 Å². The van der Waals surface area contributed by atoms with E-state index in [9.17, 15) is 0 Å². The molecule has 0 aliphatic carbocycles. The number of nitrogens with one attached hydrogen (secondary N) is 1. The minimum Gasteiger partial charge on any atom is -0.368 e. The highest BCUT2D eigenvalue weighted by molar-refractivity contribution is 5.68. The summed E-state index contributed by atoms with van der Waals surface area (Å²) < 4.78 is 2.03. The normalized spacial score (nSPS) is 10.8. The SMILES string of the molecule is Cc1nn(CCNc2ccc(-c3cncnc3)cn2)c(C)c1-c1ccc(N(C)C)nc1. The van der Waals surface area contributed by atoms with Gasteiger partial charge in [0, 0.05) is 73.4 Å². The lowest BCUT2D eigenvalue weighted by Crippen LogP contribution is -2.13. The molecule has 4 rings (SSSR count). The topological polar surface area (TPSA) is 84.7 Å². The minimum atomic E-state index is 0.722. The number of hydrogen-bond donors (Lipinski definition) is 1. The zero-order valence-corrected chi connectivity index (χ0v) is 18.2. The summed E-state index contributed by atoms with van der Waals surface area (Å²) in [6, 6.07) is 8.11. The van der Waals surface area contributed by atoms with Gasteiger partial charge in [0.2, 0.25) is 0 Å². The standard InChI is InChI=1S/C23H26N8/c1-16-23(19-6-8-22(28-14-19)30(3)4)17(2)31(29-16)10-9-26-21-7-5-18(13-27-21)20-11-24-15-25-12-20/h5-8,11-15H,9-10H2,1-4H3,(H,26,27). The highest BCUT2D eigenvalue weighted by Crippen LogP contribution is 2.27. The van der Waals surface area contributed by atoms with E-state index in [-0.39, 0.29) is 0 Å². The largest absolute Gasteiger partial charge is 0.368 e. The van der Waals surface area contributed by atoms with Crippen LogP contribution in [0.2, 0.25) is 0 Å². The van der Waals surface area contributed by atoms with E-state index in [0.717, 1.165) is 58.4 Å². The van der Waals surface area contributed by atoms with Crippen molar-refractivity contribution in [2.45, 2.75) is 20.4 Å². The predicted molar refractivity (Wildman–Crippen MR) is 123 cm³/mol. The van der Waals surface area contributed by atoms with Gasteiger partial charge in [0.05, 0.1) is 12.2 Å². The van der Waals surface area contributed by atoms with Gasteiger partial charge >= 0.3 is 0 Å². The zero-order chi connectivity index (χ0) is 21.8. The van der Waals surface area contributed by atoms with Crippen molar-refractivity contribution in [2.75, 3.05) is 30.9 Å². The van der Waals surface area contributed by atoms with E-state index in [0.29, 0.717) is 0 Å². The van der Waals surface area contributed by atoms with E-state index in [2.05, 4.69) is 38.2 Å². The summed E-state index contributed by atoms with van der Waals surface area (Å²) >= 11 is 0. The van der Waals surface area contributed by atoms with Crippen molar-refractivity contribution in [3.05, 3.63) is 66.8 Å². The van der Waals surface area contributed by atoms with Gasteiger partial charge in [-0.15, -0.1) is 0 Å². The molecule has 0 aliphatic rings. The van der Waals surface area contributed by atoms with Crippen molar-refractivity contribution >= 4 is 11.6 Å². The first-order chi connectivity index (χ1) is 15.0. The molecule has 0 saturated heterocycles. The summed E-state index contributed by atoms with van der Waals surface area (Å²) in [6.45, 7) is 5.61. The molecule has 0 aliphatic heterocycles. The maximum Gasteiger partial charge on any atom is 0.127 e. The van der Waals surface area contributed by atoms with Crippen LogP contribution >= 0.6 is 0 Å². The Morgan fingerprint density at radius 1 is 0.871 bits per heavy atom.